The standard InChI is InChI=1S/C17H11ClN4OS2/c1-9-2-4-10(5-3-9)12-8-24-17-14(12)16(23)19-15(20-17)13(18)6-11-7-25-22-21-11/h2-8H,1H3,(H,19,20,23)/b13-6-. The maximum atomic E-state index is 12.6. The first kappa shape index (κ1) is 16.1. The van der Waals surface area contributed by atoms with Crippen LogP contribution in [0.2, 0.25) is 0 Å². The highest BCUT2D eigenvalue weighted by molar-refractivity contribution is 7.17. The van der Waals surface area contributed by atoms with Crippen LogP contribution in [0.3, 0.4) is 0 Å². The molecule has 124 valence electrons. The molecule has 0 aliphatic carbocycles. The van der Waals surface area contributed by atoms with Crippen molar-refractivity contribution < 1.29 is 0 Å². The second kappa shape index (κ2) is 6.51. The minimum Gasteiger partial charge on any atom is -0.305 e. The van der Waals surface area contributed by atoms with Gasteiger partial charge < -0.3 is 4.98 Å². The number of fused-ring (bicyclic) bond motifs is 1. The average molecular weight is 387 g/mol. The molecule has 1 aromatic carbocycles. The molecule has 0 saturated carbocycles. The highest BCUT2D eigenvalue weighted by Gasteiger charge is 2.14. The van der Waals surface area contributed by atoms with Crippen LogP contribution in [0.4, 0.5) is 0 Å². The van der Waals surface area contributed by atoms with Gasteiger partial charge in [-0.25, -0.2) is 4.98 Å². The molecule has 0 saturated heterocycles. The van der Waals surface area contributed by atoms with Crippen LogP contribution in [0.25, 0.3) is 32.5 Å². The monoisotopic (exact) mass is 386 g/mol. The van der Waals surface area contributed by atoms with E-state index in [2.05, 4.69) is 19.6 Å². The molecule has 8 heteroatoms. The van der Waals surface area contributed by atoms with Crippen molar-refractivity contribution in [2.45, 2.75) is 6.92 Å². The smallest absolute Gasteiger partial charge is 0.260 e. The van der Waals surface area contributed by atoms with Gasteiger partial charge in [-0.2, -0.15) is 0 Å². The minimum atomic E-state index is -0.209. The maximum absolute atomic E-state index is 12.6. The second-order valence-corrected chi connectivity index (χ2v) is 7.31. The number of hydrogen-bond acceptors (Lipinski definition) is 6. The minimum absolute atomic E-state index is 0.209. The Morgan fingerprint density at radius 2 is 2.04 bits per heavy atom. The molecule has 5 nitrogen and oxygen atoms in total. The number of nitrogens with zero attached hydrogens (tertiary/aromatic N) is 3. The Hall–Kier alpha value is -2.35. The summed E-state index contributed by atoms with van der Waals surface area (Å²) < 4.78 is 3.78. The number of nitrogens with one attached hydrogen (secondary N) is 1. The lowest BCUT2D eigenvalue weighted by molar-refractivity contribution is 1.13. The number of H-pyrrole nitrogens is 1. The van der Waals surface area contributed by atoms with Gasteiger partial charge in [-0.3, -0.25) is 4.79 Å². The van der Waals surface area contributed by atoms with Gasteiger partial charge in [-0.05, 0) is 30.1 Å². The van der Waals surface area contributed by atoms with E-state index in [0.717, 1.165) is 11.1 Å². The summed E-state index contributed by atoms with van der Waals surface area (Å²) in [5.41, 5.74) is 3.46. The normalized spacial score (nSPS) is 12.0. The Labute approximate surface area is 155 Å². The summed E-state index contributed by atoms with van der Waals surface area (Å²) in [5, 5.41) is 8.52. The number of rotatable bonds is 3. The first-order chi connectivity index (χ1) is 12.1. The average Bonchev–Trinajstić information content (AvgIpc) is 3.25. The third kappa shape index (κ3) is 3.13. The van der Waals surface area contributed by atoms with Crippen molar-refractivity contribution in [3.63, 3.8) is 0 Å². The van der Waals surface area contributed by atoms with E-state index in [1.54, 1.807) is 11.5 Å². The van der Waals surface area contributed by atoms with Crippen molar-refractivity contribution in [1.82, 2.24) is 19.6 Å². The van der Waals surface area contributed by atoms with Crippen LogP contribution in [-0.4, -0.2) is 19.6 Å². The zero-order chi connectivity index (χ0) is 17.4. The van der Waals surface area contributed by atoms with Crippen molar-refractivity contribution in [2.24, 2.45) is 0 Å². The zero-order valence-electron chi connectivity index (χ0n) is 13.0. The van der Waals surface area contributed by atoms with E-state index in [1.807, 2.05) is 36.6 Å². The number of thiophene rings is 1. The van der Waals surface area contributed by atoms with Gasteiger partial charge in [0.05, 0.1) is 16.1 Å². The number of aromatic nitrogens is 4. The van der Waals surface area contributed by atoms with E-state index < -0.39 is 0 Å². The fourth-order valence-electron chi connectivity index (χ4n) is 2.44. The Morgan fingerprint density at radius 1 is 1.24 bits per heavy atom. The molecule has 1 N–H and O–H groups in total. The van der Waals surface area contributed by atoms with Crippen LogP contribution < -0.4 is 5.56 Å². The lowest BCUT2D eigenvalue weighted by Crippen LogP contribution is -2.10. The molecule has 0 radical (unpaired) electrons. The molecular formula is C17H11ClN4OS2. The van der Waals surface area contributed by atoms with Crippen LogP contribution in [0.15, 0.2) is 39.8 Å². The summed E-state index contributed by atoms with van der Waals surface area (Å²) >= 11 is 8.93. The lowest BCUT2D eigenvalue weighted by atomic mass is 10.1. The second-order valence-electron chi connectivity index (χ2n) is 5.43. The summed E-state index contributed by atoms with van der Waals surface area (Å²) in [6.07, 6.45) is 1.63. The van der Waals surface area contributed by atoms with Crippen molar-refractivity contribution >= 4 is 55.8 Å². The highest BCUT2D eigenvalue weighted by Crippen LogP contribution is 2.31. The predicted octanol–water partition coefficient (Wildman–Crippen LogP) is 4.55. The third-order valence-corrected chi connectivity index (χ3v) is 5.37. The van der Waals surface area contributed by atoms with E-state index in [4.69, 9.17) is 11.6 Å². The van der Waals surface area contributed by atoms with E-state index in [1.165, 1.54) is 28.4 Å². The largest absolute Gasteiger partial charge is 0.305 e. The zero-order valence-corrected chi connectivity index (χ0v) is 15.4. The van der Waals surface area contributed by atoms with Crippen LogP contribution in [0.1, 0.15) is 17.1 Å². The maximum Gasteiger partial charge on any atom is 0.260 e. The number of hydrogen-bond donors (Lipinski definition) is 1. The first-order valence-corrected chi connectivity index (χ1v) is 9.44. The quantitative estimate of drug-likeness (QED) is 0.560. The van der Waals surface area contributed by atoms with Crippen molar-refractivity contribution in [2.75, 3.05) is 0 Å². The first-order valence-electron chi connectivity index (χ1n) is 7.35. The molecule has 25 heavy (non-hydrogen) atoms. The summed E-state index contributed by atoms with van der Waals surface area (Å²) in [6, 6.07) is 8.06. The molecule has 0 bridgehead atoms. The Morgan fingerprint density at radius 3 is 2.76 bits per heavy atom. The van der Waals surface area contributed by atoms with Gasteiger partial charge in [-0.15, -0.1) is 16.4 Å². The van der Waals surface area contributed by atoms with Crippen LogP contribution >= 0.6 is 34.5 Å². The Balaban J connectivity index is 1.82. The van der Waals surface area contributed by atoms with Gasteiger partial charge in [0.1, 0.15) is 4.83 Å². The fourth-order valence-corrected chi connectivity index (χ4v) is 4.00. The molecule has 4 rings (SSSR count). The highest BCUT2D eigenvalue weighted by atomic mass is 35.5. The summed E-state index contributed by atoms with van der Waals surface area (Å²) in [7, 11) is 0. The fraction of sp³-hybridized carbons (Fsp3) is 0.0588. The predicted molar refractivity (Wildman–Crippen MR) is 104 cm³/mol. The third-order valence-electron chi connectivity index (χ3n) is 3.68. The van der Waals surface area contributed by atoms with Gasteiger partial charge in [-0.1, -0.05) is 45.9 Å². The van der Waals surface area contributed by atoms with Gasteiger partial charge in [0.25, 0.3) is 5.56 Å². The molecule has 0 spiro atoms. The molecule has 0 aliphatic heterocycles. The number of aryl methyl sites for hydroxylation is 1. The molecule has 3 aromatic heterocycles. The van der Waals surface area contributed by atoms with E-state index in [9.17, 15) is 4.79 Å². The molecule has 0 unspecified atom stereocenters. The topological polar surface area (TPSA) is 71.5 Å². The van der Waals surface area contributed by atoms with Crippen LogP contribution in [0, 0.1) is 6.92 Å². The molecule has 0 fully saturated rings. The van der Waals surface area contributed by atoms with Crippen molar-refractivity contribution in [1.29, 1.82) is 0 Å². The molecule has 0 amide bonds. The summed E-state index contributed by atoms with van der Waals surface area (Å²) in [4.78, 5) is 20.5. The summed E-state index contributed by atoms with van der Waals surface area (Å²) in [6.45, 7) is 2.03. The Bertz CT molecular complexity index is 1130. The molecule has 3 heterocycles. The number of halogens is 1. The van der Waals surface area contributed by atoms with Crippen LogP contribution in [-0.2, 0) is 0 Å². The Kier molecular flexibility index (Phi) is 4.20. The van der Waals surface area contributed by atoms with E-state index in [0.29, 0.717) is 26.8 Å². The van der Waals surface area contributed by atoms with Crippen LogP contribution in [0.5, 0.6) is 0 Å². The lowest BCUT2D eigenvalue weighted by Gasteiger charge is -2.02. The van der Waals surface area contributed by atoms with Gasteiger partial charge >= 0.3 is 0 Å². The molecule has 0 aliphatic rings. The van der Waals surface area contributed by atoms with Gasteiger partial charge in [0, 0.05) is 16.3 Å². The van der Waals surface area contributed by atoms with E-state index >= 15 is 0 Å². The van der Waals surface area contributed by atoms with Crippen molar-refractivity contribution in [3.05, 3.63) is 62.5 Å². The molecule has 4 aromatic rings. The van der Waals surface area contributed by atoms with Gasteiger partial charge in [0.15, 0.2) is 5.82 Å². The van der Waals surface area contributed by atoms with Gasteiger partial charge in [0.2, 0.25) is 0 Å². The number of benzene rings is 1. The summed E-state index contributed by atoms with van der Waals surface area (Å²) in [5.74, 6) is 0.324. The molecular weight excluding hydrogens is 376 g/mol. The van der Waals surface area contributed by atoms with E-state index in [-0.39, 0.29) is 5.56 Å². The SMILES string of the molecule is Cc1ccc(-c2csc3nc(/C(Cl)=C/c4csnn4)[nH]c(=O)c23)cc1. The van der Waals surface area contributed by atoms with Crippen molar-refractivity contribution in [3.8, 4) is 11.1 Å². The number of aromatic amines is 1. The molecule has 0 atom stereocenters.